The van der Waals surface area contributed by atoms with Gasteiger partial charge in [0.25, 0.3) is 0 Å². The van der Waals surface area contributed by atoms with Gasteiger partial charge >= 0.3 is 0 Å². The second-order valence-corrected chi connectivity index (χ2v) is 6.59. The fourth-order valence-corrected chi connectivity index (χ4v) is 3.17. The number of rotatable bonds is 5. The first-order valence-electron chi connectivity index (χ1n) is 7.32. The number of carbonyl (C=O) groups excluding carboxylic acids is 1. The smallest absolute Gasteiger partial charge is 0.194 e. The van der Waals surface area contributed by atoms with Crippen LogP contribution in [0.4, 0.5) is 15.8 Å². The van der Waals surface area contributed by atoms with E-state index in [0.29, 0.717) is 18.5 Å². The molecular weight excluding hydrogens is 424 g/mol. The van der Waals surface area contributed by atoms with Crippen molar-refractivity contribution in [1.29, 1.82) is 0 Å². The molecule has 0 saturated carbocycles. The molecule has 2 unspecified atom stereocenters. The molecule has 2 atom stereocenters. The van der Waals surface area contributed by atoms with Crippen molar-refractivity contribution < 1.29 is 14.0 Å². The van der Waals surface area contributed by atoms with E-state index in [0.717, 1.165) is 20.4 Å². The summed E-state index contributed by atoms with van der Waals surface area (Å²) in [5.41, 5.74) is 8.80. The molecule has 0 amide bonds. The van der Waals surface area contributed by atoms with Crippen LogP contribution in [0.5, 0.6) is 0 Å². The maximum Gasteiger partial charge on any atom is 0.194 e. The van der Waals surface area contributed by atoms with Crippen molar-refractivity contribution in [3.05, 3.63) is 56.9 Å². The molecule has 0 aromatic heterocycles. The standard InChI is InChI=1S/C17H15FIN3O2/c18-11-1-3-13(14-8-21-24-17(14)9-23)16(6-11)22-15-4-2-12(19)5-10(15)7-20/h1-6,8-9,14,17,22H,7,20H2. The average Bonchev–Trinajstić information content (AvgIpc) is 3.05. The van der Waals surface area contributed by atoms with Gasteiger partial charge in [-0.05, 0) is 64.0 Å². The molecule has 2 aromatic rings. The van der Waals surface area contributed by atoms with Crippen LogP contribution in [-0.2, 0) is 16.2 Å². The number of carbonyl (C=O) groups is 1. The monoisotopic (exact) mass is 439 g/mol. The second-order valence-electron chi connectivity index (χ2n) is 5.35. The first-order valence-corrected chi connectivity index (χ1v) is 8.40. The van der Waals surface area contributed by atoms with Crippen LogP contribution in [0.2, 0.25) is 0 Å². The minimum absolute atomic E-state index is 0.356. The van der Waals surface area contributed by atoms with Crippen LogP contribution in [0.15, 0.2) is 41.6 Å². The van der Waals surface area contributed by atoms with E-state index in [1.54, 1.807) is 12.3 Å². The number of hydrogen-bond acceptors (Lipinski definition) is 5. The first kappa shape index (κ1) is 16.8. The lowest BCUT2D eigenvalue weighted by molar-refractivity contribution is -0.117. The largest absolute Gasteiger partial charge is 0.384 e. The molecule has 0 fully saturated rings. The van der Waals surface area contributed by atoms with Crippen LogP contribution in [0.25, 0.3) is 0 Å². The van der Waals surface area contributed by atoms with Crippen LogP contribution in [0.1, 0.15) is 17.0 Å². The Kier molecular flexibility index (Phi) is 5.10. The highest BCUT2D eigenvalue weighted by Gasteiger charge is 2.30. The van der Waals surface area contributed by atoms with E-state index in [4.69, 9.17) is 10.6 Å². The molecule has 0 saturated heterocycles. The summed E-state index contributed by atoms with van der Waals surface area (Å²) in [6.07, 6.45) is 1.54. The number of halogens is 2. The Morgan fingerprint density at radius 3 is 2.88 bits per heavy atom. The molecular formula is C17H15FIN3O2. The van der Waals surface area contributed by atoms with Crippen LogP contribution in [0.3, 0.4) is 0 Å². The Morgan fingerprint density at radius 2 is 2.12 bits per heavy atom. The molecule has 0 aliphatic carbocycles. The number of anilines is 2. The highest BCUT2D eigenvalue weighted by atomic mass is 127. The lowest BCUT2D eigenvalue weighted by Gasteiger charge is -2.18. The fourth-order valence-electron chi connectivity index (χ4n) is 2.61. The molecule has 0 bridgehead atoms. The number of nitrogens with two attached hydrogens (primary N) is 1. The normalized spacial score (nSPS) is 19.1. The summed E-state index contributed by atoms with van der Waals surface area (Å²) < 4.78 is 14.8. The summed E-state index contributed by atoms with van der Waals surface area (Å²) >= 11 is 2.21. The number of hydrogen-bond donors (Lipinski definition) is 2. The third kappa shape index (κ3) is 3.41. The summed E-state index contributed by atoms with van der Waals surface area (Å²) in [6, 6.07) is 10.2. The van der Waals surface area contributed by atoms with Gasteiger partial charge in [-0.25, -0.2) is 4.39 Å². The zero-order valence-corrected chi connectivity index (χ0v) is 14.7. The minimum atomic E-state index is -0.707. The maximum absolute atomic E-state index is 13.8. The van der Waals surface area contributed by atoms with Gasteiger partial charge in [-0.2, -0.15) is 0 Å². The third-order valence-corrected chi connectivity index (χ3v) is 4.49. The van der Waals surface area contributed by atoms with E-state index in [1.165, 1.54) is 12.1 Å². The summed E-state index contributed by atoms with van der Waals surface area (Å²) in [5, 5.41) is 6.94. The Morgan fingerprint density at radius 1 is 1.29 bits per heavy atom. The second kappa shape index (κ2) is 7.27. The zero-order chi connectivity index (χ0) is 17.1. The van der Waals surface area contributed by atoms with Crippen molar-refractivity contribution >= 4 is 46.5 Å². The molecule has 1 aliphatic heterocycles. The van der Waals surface area contributed by atoms with Gasteiger partial charge in [-0.3, -0.25) is 4.79 Å². The van der Waals surface area contributed by atoms with Crippen molar-refractivity contribution in [2.45, 2.75) is 18.6 Å². The fraction of sp³-hybridized carbons (Fsp3) is 0.176. The van der Waals surface area contributed by atoms with E-state index in [9.17, 15) is 9.18 Å². The third-order valence-electron chi connectivity index (χ3n) is 3.82. The van der Waals surface area contributed by atoms with Gasteiger partial charge in [0.1, 0.15) is 5.82 Å². The van der Waals surface area contributed by atoms with Crippen molar-refractivity contribution in [2.75, 3.05) is 5.32 Å². The molecule has 0 spiro atoms. The molecule has 1 aliphatic rings. The van der Waals surface area contributed by atoms with E-state index < -0.39 is 6.10 Å². The van der Waals surface area contributed by atoms with Crippen LogP contribution in [0, 0.1) is 9.39 Å². The van der Waals surface area contributed by atoms with Gasteiger partial charge in [0, 0.05) is 21.5 Å². The number of nitrogens with zero attached hydrogens (tertiary/aromatic N) is 1. The quantitative estimate of drug-likeness (QED) is 0.554. The van der Waals surface area contributed by atoms with Crippen molar-refractivity contribution in [3.8, 4) is 0 Å². The van der Waals surface area contributed by atoms with Gasteiger partial charge in [0.2, 0.25) is 0 Å². The molecule has 2 aromatic carbocycles. The highest BCUT2D eigenvalue weighted by Crippen LogP contribution is 2.33. The Bertz CT molecular complexity index is 797. The predicted molar refractivity (Wildman–Crippen MR) is 98.9 cm³/mol. The predicted octanol–water partition coefficient (Wildman–Crippen LogP) is 3.30. The van der Waals surface area contributed by atoms with Gasteiger partial charge in [0.05, 0.1) is 12.1 Å². The van der Waals surface area contributed by atoms with Crippen LogP contribution < -0.4 is 11.1 Å². The molecule has 3 rings (SSSR count). The van der Waals surface area contributed by atoms with Gasteiger partial charge in [0.15, 0.2) is 12.4 Å². The number of benzene rings is 2. The van der Waals surface area contributed by atoms with E-state index in [-0.39, 0.29) is 11.7 Å². The van der Waals surface area contributed by atoms with Crippen molar-refractivity contribution in [3.63, 3.8) is 0 Å². The Balaban J connectivity index is 2.00. The molecule has 7 heteroatoms. The van der Waals surface area contributed by atoms with Crippen molar-refractivity contribution in [2.24, 2.45) is 10.9 Å². The average molecular weight is 439 g/mol. The highest BCUT2D eigenvalue weighted by molar-refractivity contribution is 14.1. The number of oxime groups is 1. The summed E-state index contributed by atoms with van der Waals surface area (Å²) in [4.78, 5) is 16.2. The van der Waals surface area contributed by atoms with Crippen LogP contribution >= 0.6 is 22.6 Å². The number of nitrogens with one attached hydrogen (secondary N) is 1. The molecule has 124 valence electrons. The minimum Gasteiger partial charge on any atom is -0.384 e. The first-order chi connectivity index (χ1) is 11.6. The van der Waals surface area contributed by atoms with Gasteiger partial charge in [-0.15, -0.1) is 0 Å². The SMILES string of the molecule is NCc1cc(I)ccc1Nc1cc(F)ccc1C1C=NOC1C=O. The number of aldehydes is 1. The molecule has 5 nitrogen and oxygen atoms in total. The van der Waals surface area contributed by atoms with E-state index >= 15 is 0 Å². The zero-order valence-electron chi connectivity index (χ0n) is 12.6. The lowest BCUT2D eigenvalue weighted by Crippen LogP contribution is -2.19. The molecule has 3 N–H and O–H groups in total. The van der Waals surface area contributed by atoms with Gasteiger partial charge < -0.3 is 15.9 Å². The van der Waals surface area contributed by atoms with E-state index in [2.05, 4.69) is 33.1 Å². The van der Waals surface area contributed by atoms with Crippen LogP contribution in [-0.4, -0.2) is 18.6 Å². The molecule has 0 radical (unpaired) electrons. The Hall–Kier alpha value is -2.00. The summed E-state index contributed by atoms with van der Waals surface area (Å²) in [7, 11) is 0. The lowest BCUT2D eigenvalue weighted by atomic mass is 9.93. The Labute approximate surface area is 152 Å². The topological polar surface area (TPSA) is 76.7 Å². The molecule has 1 heterocycles. The maximum atomic E-state index is 13.8. The summed E-state index contributed by atoms with van der Waals surface area (Å²) in [5.74, 6) is -0.740. The van der Waals surface area contributed by atoms with Gasteiger partial charge in [-0.1, -0.05) is 11.2 Å². The summed E-state index contributed by atoms with van der Waals surface area (Å²) in [6.45, 7) is 0.356. The van der Waals surface area contributed by atoms with E-state index in [1.807, 2.05) is 18.2 Å². The molecule has 24 heavy (non-hydrogen) atoms. The van der Waals surface area contributed by atoms with Crippen molar-refractivity contribution in [1.82, 2.24) is 0 Å².